The molecule has 1 atom stereocenters. The zero-order valence-electron chi connectivity index (χ0n) is 11.9. The fraction of sp³-hybridized carbons (Fsp3) is 0.500. The van der Waals surface area contributed by atoms with Crippen LogP contribution < -0.4 is 5.32 Å². The summed E-state index contributed by atoms with van der Waals surface area (Å²) in [7, 11) is 5.22. The lowest BCUT2D eigenvalue weighted by Crippen LogP contribution is -2.34. The Morgan fingerprint density at radius 1 is 1.47 bits per heavy atom. The van der Waals surface area contributed by atoms with Gasteiger partial charge in [-0.25, -0.2) is 9.18 Å². The maximum atomic E-state index is 13.6. The Balaban J connectivity index is 2.83. The molecule has 19 heavy (non-hydrogen) atoms. The number of benzene rings is 1. The Bertz CT molecular complexity index is 435. The van der Waals surface area contributed by atoms with E-state index in [0.29, 0.717) is 17.7 Å². The number of carbonyl (C=O) groups is 1. The van der Waals surface area contributed by atoms with E-state index in [1.54, 1.807) is 19.1 Å². The monoisotopic (exact) mass is 268 g/mol. The second-order valence-corrected chi connectivity index (χ2v) is 4.72. The molecule has 0 saturated heterocycles. The predicted octanol–water partition coefficient (Wildman–Crippen LogP) is 1.50. The van der Waals surface area contributed by atoms with Crippen molar-refractivity contribution in [2.24, 2.45) is 0 Å². The molecule has 106 valence electrons. The smallest absolute Gasteiger partial charge is 0.327 e. The lowest BCUT2D eigenvalue weighted by Gasteiger charge is -2.18. The first-order valence-electron chi connectivity index (χ1n) is 6.17. The van der Waals surface area contributed by atoms with Crippen LogP contribution in [0, 0.1) is 12.7 Å². The van der Waals surface area contributed by atoms with Crippen molar-refractivity contribution in [3.63, 3.8) is 0 Å². The summed E-state index contributed by atoms with van der Waals surface area (Å²) < 4.78 is 18.3. The number of hydrogen-bond acceptors (Lipinski definition) is 4. The van der Waals surface area contributed by atoms with Crippen LogP contribution in [0.4, 0.5) is 4.39 Å². The number of ether oxygens (including phenoxy) is 1. The average molecular weight is 268 g/mol. The van der Waals surface area contributed by atoms with Crippen molar-refractivity contribution >= 4 is 5.97 Å². The number of likely N-dealkylation sites (N-methyl/N-ethyl adjacent to an activating group) is 1. The van der Waals surface area contributed by atoms with E-state index < -0.39 is 12.0 Å². The van der Waals surface area contributed by atoms with E-state index in [4.69, 9.17) is 4.74 Å². The van der Waals surface area contributed by atoms with Crippen LogP contribution in [0.25, 0.3) is 0 Å². The van der Waals surface area contributed by atoms with Crippen LogP contribution >= 0.6 is 0 Å². The van der Waals surface area contributed by atoms with Crippen LogP contribution in [0.5, 0.6) is 0 Å². The van der Waals surface area contributed by atoms with Crippen LogP contribution in [0.2, 0.25) is 0 Å². The number of hydrogen-bond donors (Lipinski definition) is 1. The molecule has 4 nitrogen and oxygen atoms in total. The molecule has 1 aromatic rings. The number of nitrogens with zero attached hydrogens (tertiary/aromatic N) is 1. The summed E-state index contributed by atoms with van der Waals surface area (Å²) in [5.74, 6) is -0.733. The maximum Gasteiger partial charge on any atom is 0.327 e. The molecule has 1 rings (SSSR count). The number of halogens is 1. The molecule has 0 bridgehead atoms. The molecule has 0 heterocycles. The van der Waals surface area contributed by atoms with Gasteiger partial charge < -0.3 is 9.64 Å². The zero-order valence-corrected chi connectivity index (χ0v) is 11.9. The highest BCUT2D eigenvalue weighted by molar-refractivity contribution is 5.77. The van der Waals surface area contributed by atoms with E-state index in [1.807, 2.05) is 19.0 Å². The Hall–Kier alpha value is -1.46. The highest BCUT2D eigenvalue weighted by Crippen LogP contribution is 2.17. The van der Waals surface area contributed by atoms with Crippen molar-refractivity contribution in [1.29, 1.82) is 0 Å². The molecule has 0 radical (unpaired) electrons. The summed E-state index contributed by atoms with van der Waals surface area (Å²) in [5.41, 5.74) is 1.13. The van der Waals surface area contributed by atoms with Gasteiger partial charge >= 0.3 is 5.97 Å². The Labute approximate surface area is 113 Å². The zero-order chi connectivity index (χ0) is 14.4. The second-order valence-electron chi connectivity index (χ2n) is 4.72. The molecule has 1 N–H and O–H groups in total. The Morgan fingerprint density at radius 3 is 2.68 bits per heavy atom. The molecule has 0 fully saturated rings. The second kappa shape index (κ2) is 7.21. The molecule has 0 saturated carbocycles. The first-order chi connectivity index (χ1) is 8.95. The van der Waals surface area contributed by atoms with Crippen molar-refractivity contribution < 1.29 is 13.9 Å². The summed E-state index contributed by atoms with van der Waals surface area (Å²) in [4.78, 5) is 13.8. The van der Waals surface area contributed by atoms with Crippen LogP contribution in [0.15, 0.2) is 18.2 Å². The molecule has 5 heteroatoms. The van der Waals surface area contributed by atoms with Gasteiger partial charge in [0.05, 0.1) is 7.11 Å². The third-order valence-corrected chi connectivity index (χ3v) is 2.87. The Morgan fingerprint density at radius 2 is 2.16 bits per heavy atom. The SMILES string of the molecule is COC(=O)C(NCCN(C)C)c1ccc(C)c(F)c1. The summed E-state index contributed by atoms with van der Waals surface area (Å²) >= 11 is 0. The number of aryl methyl sites for hydroxylation is 1. The van der Waals surface area contributed by atoms with Crippen LogP contribution in [-0.2, 0) is 9.53 Å². The Kier molecular flexibility index (Phi) is 5.92. The largest absolute Gasteiger partial charge is 0.468 e. The summed E-state index contributed by atoms with van der Waals surface area (Å²) in [6.07, 6.45) is 0. The fourth-order valence-corrected chi connectivity index (χ4v) is 1.68. The van der Waals surface area contributed by atoms with Crippen molar-refractivity contribution in [3.8, 4) is 0 Å². The van der Waals surface area contributed by atoms with Gasteiger partial charge in [-0.3, -0.25) is 5.32 Å². The van der Waals surface area contributed by atoms with Gasteiger partial charge in [-0.2, -0.15) is 0 Å². The minimum atomic E-state index is -0.639. The van der Waals surface area contributed by atoms with Gasteiger partial charge in [-0.1, -0.05) is 12.1 Å². The van der Waals surface area contributed by atoms with E-state index >= 15 is 0 Å². The molecule has 0 aliphatic heterocycles. The summed E-state index contributed by atoms with van der Waals surface area (Å²) in [6, 6.07) is 4.14. The molecule has 0 aromatic heterocycles. The van der Waals surface area contributed by atoms with Crippen molar-refractivity contribution in [2.75, 3.05) is 34.3 Å². The molecule has 1 aromatic carbocycles. The lowest BCUT2D eigenvalue weighted by atomic mass is 10.0. The van der Waals surface area contributed by atoms with E-state index in [9.17, 15) is 9.18 Å². The molecule has 0 aliphatic carbocycles. The fourth-order valence-electron chi connectivity index (χ4n) is 1.68. The molecular formula is C14H21FN2O2. The van der Waals surface area contributed by atoms with Gasteiger partial charge in [-0.15, -0.1) is 0 Å². The number of carbonyl (C=O) groups excluding carboxylic acids is 1. The van der Waals surface area contributed by atoms with Crippen LogP contribution in [-0.4, -0.2) is 45.2 Å². The maximum absolute atomic E-state index is 13.6. The van der Waals surface area contributed by atoms with Gasteiger partial charge in [-0.05, 0) is 38.2 Å². The van der Waals surface area contributed by atoms with Crippen molar-refractivity contribution in [1.82, 2.24) is 10.2 Å². The van der Waals surface area contributed by atoms with E-state index in [-0.39, 0.29) is 5.82 Å². The number of esters is 1. The highest BCUT2D eigenvalue weighted by atomic mass is 19.1. The average Bonchev–Trinajstić information content (AvgIpc) is 2.37. The third-order valence-electron chi connectivity index (χ3n) is 2.87. The highest BCUT2D eigenvalue weighted by Gasteiger charge is 2.21. The first kappa shape index (κ1) is 15.6. The van der Waals surface area contributed by atoms with E-state index in [1.165, 1.54) is 13.2 Å². The topological polar surface area (TPSA) is 41.6 Å². The van der Waals surface area contributed by atoms with Gasteiger partial charge in [0.15, 0.2) is 0 Å². The minimum Gasteiger partial charge on any atom is -0.468 e. The van der Waals surface area contributed by atoms with E-state index in [2.05, 4.69) is 5.32 Å². The van der Waals surface area contributed by atoms with Gasteiger partial charge in [0.25, 0.3) is 0 Å². The van der Waals surface area contributed by atoms with Crippen LogP contribution in [0.3, 0.4) is 0 Å². The molecule has 0 amide bonds. The summed E-state index contributed by atoms with van der Waals surface area (Å²) in [6.45, 7) is 3.08. The van der Waals surface area contributed by atoms with Crippen molar-refractivity contribution in [2.45, 2.75) is 13.0 Å². The minimum absolute atomic E-state index is 0.319. The normalized spacial score (nSPS) is 12.5. The van der Waals surface area contributed by atoms with Gasteiger partial charge in [0.1, 0.15) is 11.9 Å². The van der Waals surface area contributed by atoms with Gasteiger partial charge in [0, 0.05) is 13.1 Å². The molecule has 0 aliphatic rings. The predicted molar refractivity (Wildman–Crippen MR) is 72.5 cm³/mol. The first-order valence-corrected chi connectivity index (χ1v) is 6.17. The van der Waals surface area contributed by atoms with E-state index in [0.717, 1.165) is 6.54 Å². The number of rotatable bonds is 6. The van der Waals surface area contributed by atoms with Gasteiger partial charge in [0.2, 0.25) is 0 Å². The number of nitrogens with one attached hydrogen (secondary N) is 1. The molecule has 1 unspecified atom stereocenters. The third kappa shape index (κ3) is 4.61. The molecule has 0 spiro atoms. The number of methoxy groups -OCH3 is 1. The lowest BCUT2D eigenvalue weighted by molar-refractivity contribution is -0.143. The standard InChI is InChI=1S/C14H21FN2O2/c1-10-5-6-11(9-12(10)15)13(14(18)19-4)16-7-8-17(2)3/h5-6,9,13,16H,7-8H2,1-4H3. The molecular weight excluding hydrogens is 247 g/mol. The quantitative estimate of drug-likeness (QED) is 0.794. The summed E-state index contributed by atoms with van der Waals surface area (Å²) in [5, 5.41) is 3.08. The van der Waals surface area contributed by atoms with Crippen molar-refractivity contribution in [3.05, 3.63) is 35.1 Å². The van der Waals surface area contributed by atoms with Crippen LogP contribution in [0.1, 0.15) is 17.2 Å².